The molecule has 2 aromatic rings. The van der Waals surface area contributed by atoms with Gasteiger partial charge in [-0.2, -0.15) is 0 Å². The second kappa shape index (κ2) is 6.18. The van der Waals surface area contributed by atoms with Crippen LogP contribution >= 0.6 is 11.3 Å². The van der Waals surface area contributed by atoms with Crippen LogP contribution in [0.3, 0.4) is 0 Å². The van der Waals surface area contributed by atoms with Gasteiger partial charge in [-0.1, -0.05) is 0 Å². The number of primary amides is 1. The Morgan fingerprint density at radius 3 is 2.77 bits per heavy atom. The molecule has 0 aromatic carbocycles. The fourth-order valence-electron chi connectivity index (χ4n) is 3.14. The Labute approximate surface area is 133 Å². The molecule has 0 spiro atoms. The van der Waals surface area contributed by atoms with Gasteiger partial charge in [0.25, 0.3) is 5.91 Å². The van der Waals surface area contributed by atoms with Crippen molar-refractivity contribution in [2.24, 2.45) is 17.4 Å². The highest BCUT2D eigenvalue weighted by atomic mass is 32.1. The molecule has 3 rings (SSSR count). The first-order valence-corrected chi connectivity index (χ1v) is 8.42. The van der Waals surface area contributed by atoms with E-state index in [1.807, 2.05) is 6.92 Å². The number of rotatable bonds is 4. The van der Waals surface area contributed by atoms with Gasteiger partial charge in [0.1, 0.15) is 12.1 Å². The first-order chi connectivity index (χ1) is 10.6. The molecular weight excluding hydrogens is 298 g/mol. The van der Waals surface area contributed by atoms with Crippen molar-refractivity contribution in [2.75, 3.05) is 24.5 Å². The summed E-state index contributed by atoms with van der Waals surface area (Å²) < 4.78 is 0.964. The number of piperidine rings is 1. The van der Waals surface area contributed by atoms with E-state index >= 15 is 0 Å². The van der Waals surface area contributed by atoms with Crippen molar-refractivity contribution in [2.45, 2.75) is 26.2 Å². The number of hydrogen-bond donors (Lipinski definition) is 2. The van der Waals surface area contributed by atoms with Crippen LogP contribution < -0.4 is 16.4 Å². The second-order valence-electron chi connectivity index (χ2n) is 5.80. The van der Waals surface area contributed by atoms with Crippen LogP contribution in [-0.4, -0.2) is 35.5 Å². The average molecular weight is 319 g/mol. The third-order valence-corrected chi connectivity index (χ3v) is 5.69. The number of aryl methyl sites for hydroxylation is 1. The van der Waals surface area contributed by atoms with Crippen molar-refractivity contribution in [3.8, 4) is 0 Å². The van der Waals surface area contributed by atoms with Gasteiger partial charge < -0.3 is 16.4 Å². The van der Waals surface area contributed by atoms with Gasteiger partial charge in [0.05, 0.1) is 15.1 Å². The summed E-state index contributed by atoms with van der Waals surface area (Å²) in [6.07, 6.45) is 4.94. The summed E-state index contributed by atoms with van der Waals surface area (Å²) in [6.45, 7) is 4.59. The van der Waals surface area contributed by atoms with Crippen LogP contribution in [0.1, 0.15) is 34.5 Å². The van der Waals surface area contributed by atoms with Crippen LogP contribution in [0.15, 0.2) is 6.33 Å². The standard InChI is InChI=1S/C15H21N5OS/c1-9-11-13(22-12(9)14(17)21)15(19-8-18-11)20-6-3-10(2-5-16)4-7-20/h8,10H,2-7,16H2,1H3,(H2,17,21). The van der Waals surface area contributed by atoms with E-state index in [0.717, 1.165) is 60.5 Å². The Kier molecular flexibility index (Phi) is 4.26. The summed E-state index contributed by atoms with van der Waals surface area (Å²) in [5, 5.41) is 0. The van der Waals surface area contributed by atoms with E-state index in [2.05, 4.69) is 14.9 Å². The summed E-state index contributed by atoms with van der Waals surface area (Å²) in [5.41, 5.74) is 12.8. The SMILES string of the molecule is Cc1c(C(N)=O)sc2c(N3CCC(CCN)CC3)ncnc12. The molecular formula is C15H21N5OS. The van der Waals surface area contributed by atoms with E-state index in [0.29, 0.717) is 10.8 Å². The van der Waals surface area contributed by atoms with Crippen LogP contribution in [0.5, 0.6) is 0 Å². The van der Waals surface area contributed by atoms with Gasteiger partial charge in [0, 0.05) is 13.1 Å². The van der Waals surface area contributed by atoms with E-state index < -0.39 is 5.91 Å². The predicted octanol–water partition coefficient (Wildman–Crippen LogP) is 1.66. The highest BCUT2D eigenvalue weighted by Gasteiger charge is 2.24. The molecule has 1 fully saturated rings. The molecule has 0 unspecified atom stereocenters. The lowest BCUT2D eigenvalue weighted by atomic mass is 9.94. The van der Waals surface area contributed by atoms with E-state index in [1.54, 1.807) is 6.33 Å². The lowest BCUT2D eigenvalue weighted by Gasteiger charge is -2.32. The Morgan fingerprint density at radius 2 is 2.14 bits per heavy atom. The first-order valence-electron chi connectivity index (χ1n) is 7.60. The fourth-order valence-corrected chi connectivity index (χ4v) is 4.27. The minimum absolute atomic E-state index is 0.395. The van der Waals surface area contributed by atoms with Crippen LogP contribution in [0.4, 0.5) is 5.82 Å². The molecule has 1 amide bonds. The molecule has 1 saturated heterocycles. The van der Waals surface area contributed by atoms with Crippen molar-refractivity contribution < 1.29 is 4.79 Å². The van der Waals surface area contributed by atoms with Crippen molar-refractivity contribution in [1.82, 2.24) is 9.97 Å². The van der Waals surface area contributed by atoms with Gasteiger partial charge in [-0.15, -0.1) is 11.3 Å². The highest BCUT2D eigenvalue weighted by Crippen LogP contribution is 2.36. The molecule has 0 atom stereocenters. The molecule has 4 N–H and O–H groups in total. The molecule has 0 saturated carbocycles. The van der Waals surface area contributed by atoms with E-state index in [9.17, 15) is 4.79 Å². The zero-order chi connectivity index (χ0) is 15.7. The fraction of sp³-hybridized carbons (Fsp3) is 0.533. The summed E-state index contributed by atoms with van der Waals surface area (Å²) in [6, 6.07) is 0. The number of nitrogens with two attached hydrogens (primary N) is 2. The van der Waals surface area contributed by atoms with Crippen LogP contribution in [0, 0.1) is 12.8 Å². The smallest absolute Gasteiger partial charge is 0.259 e. The molecule has 0 aliphatic carbocycles. The molecule has 1 aliphatic rings. The molecule has 2 aromatic heterocycles. The predicted molar refractivity (Wildman–Crippen MR) is 89.3 cm³/mol. The quantitative estimate of drug-likeness (QED) is 0.893. The number of hydrogen-bond acceptors (Lipinski definition) is 6. The number of amides is 1. The normalized spacial score (nSPS) is 16.4. The Balaban J connectivity index is 1.92. The number of aromatic nitrogens is 2. The summed E-state index contributed by atoms with van der Waals surface area (Å²) in [4.78, 5) is 23.2. The van der Waals surface area contributed by atoms with E-state index in [1.165, 1.54) is 11.3 Å². The van der Waals surface area contributed by atoms with Crippen LogP contribution in [-0.2, 0) is 0 Å². The maximum absolute atomic E-state index is 11.6. The van der Waals surface area contributed by atoms with Gasteiger partial charge in [0.2, 0.25) is 0 Å². The van der Waals surface area contributed by atoms with Crippen molar-refractivity contribution in [1.29, 1.82) is 0 Å². The maximum atomic E-state index is 11.6. The molecule has 6 nitrogen and oxygen atoms in total. The molecule has 7 heteroatoms. The number of carbonyl (C=O) groups is 1. The maximum Gasteiger partial charge on any atom is 0.259 e. The highest BCUT2D eigenvalue weighted by molar-refractivity contribution is 7.21. The molecule has 3 heterocycles. The summed E-state index contributed by atoms with van der Waals surface area (Å²) in [5.74, 6) is 1.25. The molecule has 118 valence electrons. The first kappa shape index (κ1) is 15.2. The number of thiophene rings is 1. The Hall–Kier alpha value is -1.73. The minimum Gasteiger partial charge on any atom is -0.365 e. The van der Waals surface area contributed by atoms with Gasteiger partial charge in [-0.05, 0) is 44.2 Å². The molecule has 0 bridgehead atoms. The molecule has 1 aliphatic heterocycles. The third kappa shape index (κ3) is 2.66. The number of anilines is 1. The van der Waals surface area contributed by atoms with Gasteiger partial charge >= 0.3 is 0 Å². The lowest BCUT2D eigenvalue weighted by Crippen LogP contribution is -2.34. The van der Waals surface area contributed by atoms with Crippen LogP contribution in [0.25, 0.3) is 10.2 Å². The van der Waals surface area contributed by atoms with E-state index in [-0.39, 0.29) is 0 Å². The topological polar surface area (TPSA) is 98.1 Å². The zero-order valence-corrected chi connectivity index (χ0v) is 13.5. The molecule has 0 radical (unpaired) electrons. The third-order valence-electron chi connectivity index (χ3n) is 4.40. The van der Waals surface area contributed by atoms with Crippen molar-refractivity contribution in [3.05, 3.63) is 16.8 Å². The largest absolute Gasteiger partial charge is 0.365 e. The lowest BCUT2D eigenvalue weighted by molar-refractivity contribution is 0.100. The number of fused-ring (bicyclic) bond motifs is 1. The van der Waals surface area contributed by atoms with Crippen molar-refractivity contribution >= 4 is 33.3 Å². The average Bonchev–Trinajstić information content (AvgIpc) is 2.86. The number of carbonyl (C=O) groups excluding carboxylic acids is 1. The van der Waals surface area contributed by atoms with Crippen molar-refractivity contribution in [3.63, 3.8) is 0 Å². The monoisotopic (exact) mass is 319 g/mol. The van der Waals surface area contributed by atoms with Gasteiger partial charge in [-0.3, -0.25) is 4.79 Å². The Morgan fingerprint density at radius 1 is 1.41 bits per heavy atom. The van der Waals surface area contributed by atoms with Gasteiger partial charge in [0.15, 0.2) is 0 Å². The second-order valence-corrected chi connectivity index (χ2v) is 6.82. The molecule has 22 heavy (non-hydrogen) atoms. The van der Waals surface area contributed by atoms with Gasteiger partial charge in [-0.25, -0.2) is 9.97 Å². The van der Waals surface area contributed by atoms with E-state index in [4.69, 9.17) is 11.5 Å². The minimum atomic E-state index is -0.395. The number of nitrogens with zero attached hydrogens (tertiary/aromatic N) is 3. The van der Waals surface area contributed by atoms with Crippen LogP contribution in [0.2, 0.25) is 0 Å². The Bertz CT molecular complexity index is 691. The zero-order valence-electron chi connectivity index (χ0n) is 12.7. The summed E-state index contributed by atoms with van der Waals surface area (Å²) >= 11 is 1.40. The summed E-state index contributed by atoms with van der Waals surface area (Å²) in [7, 11) is 0.